The lowest BCUT2D eigenvalue weighted by molar-refractivity contribution is 0.129. The van der Waals surface area contributed by atoms with Crippen LogP contribution in [0.1, 0.15) is 39.0 Å². The molecule has 2 amide bonds. The molecule has 1 aliphatic carbocycles. The number of amidine groups is 1. The molecule has 0 aromatic rings. The Kier molecular flexibility index (Phi) is 3.10. The zero-order chi connectivity index (χ0) is 12.5. The van der Waals surface area contributed by atoms with Crippen LogP contribution in [0.2, 0.25) is 0 Å². The molecule has 92 valence electrons. The van der Waals surface area contributed by atoms with Gasteiger partial charge in [-0.2, -0.15) is 4.99 Å². The van der Waals surface area contributed by atoms with E-state index in [1.807, 2.05) is 0 Å². The van der Waals surface area contributed by atoms with Crippen molar-refractivity contribution in [1.29, 1.82) is 0 Å². The third-order valence-corrected chi connectivity index (χ3v) is 4.10. The van der Waals surface area contributed by atoms with Crippen molar-refractivity contribution in [3.63, 3.8) is 0 Å². The molecule has 1 saturated carbocycles. The van der Waals surface area contributed by atoms with Crippen LogP contribution in [0.4, 0.5) is 4.79 Å². The third-order valence-electron chi connectivity index (χ3n) is 4.10. The van der Waals surface area contributed by atoms with Gasteiger partial charge < -0.3 is 5.73 Å². The largest absolute Gasteiger partial charge is 0.385 e. The fraction of sp³-hybridized carbons (Fsp3) is 0.692. The number of carbonyl (C=O) groups is 1. The van der Waals surface area contributed by atoms with Crippen LogP contribution in [0.5, 0.6) is 0 Å². The Labute approximate surface area is 102 Å². The van der Waals surface area contributed by atoms with Crippen molar-refractivity contribution in [1.82, 2.24) is 4.90 Å². The van der Waals surface area contributed by atoms with E-state index in [4.69, 9.17) is 12.2 Å². The van der Waals surface area contributed by atoms with Crippen molar-refractivity contribution in [2.45, 2.75) is 44.6 Å². The number of rotatable bonds is 2. The number of terminal acetylenes is 1. The predicted octanol–water partition coefficient (Wildman–Crippen LogP) is 1.75. The molecule has 2 unspecified atom stereocenters. The lowest BCUT2D eigenvalue weighted by atomic mass is 9.73. The fourth-order valence-corrected chi connectivity index (χ4v) is 3.09. The molecule has 1 heterocycles. The normalized spacial score (nSPS) is 32.7. The van der Waals surface area contributed by atoms with Crippen LogP contribution < -0.4 is 5.73 Å². The van der Waals surface area contributed by atoms with Gasteiger partial charge in [0.25, 0.3) is 0 Å². The highest BCUT2D eigenvalue weighted by Gasteiger charge is 2.50. The van der Waals surface area contributed by atoms with Gasteiger partial charge in [-0.15, -0.1) is 6.42 Å². The van der Waals surface area contributed by atoms with Gasteiger partial charge in [-0.05, 0) is 18.8 Å². The molecular weight excluding hydrogens is 214 g/mol. The van der Waals surface area contributed by atoms with Gasteiger partial charge in [0.05, 0.1) is 6.54 Å². The molecule has 0 saturated heterocycles. The molecule has 0 aromatic carbocycles. The molecule has 1 aliphatic heterocycles. The van der Waals surface area contributed by atoms with Gasteiger partial charge in [0.2, 0.25) is 0 Å². The summed E-state index contributed by atoms with van der Waals surface area (Å²) in [5.41, 5.74) is 5.60. The standard InChI is InChI=1S/C13H19N3O/c1-3-8-16-12(17)15-11(14)13(16)7-5-6-10(4-2)9-13/h1,10H,4-9H2,2H3,(H2,14,15,17). The van der Waals surface area contributed by atoms with Crippen LogP contribution in [-0.4, -0.2) is 28.9 Å². The number of amides is 2. The summed E-state index contributed by atoms with van der Waals surface area (Å²) in [6.07, 6.45) is 10.6. The first-order chi connectivity index (χ1) is 8.14. The average molecular weight is 233 g/mol. The topological polar surface area (TPSA) is 58.7 Å². The maximum absolute atomic E-state index is 11.8. The molecule has 4 nitrogen and oxygen atoms in total. The van der Waals surface area contributed by atoms with Crippen molar-refractivity contribution >= 4 is 11.9 Å². The van der Waals surface area contributed by atoms with Crippen LogP contribution >= 0.6 is 0 Å². The van der Waals surface area contributed by atoms with Crippen molar-refractivity contribution < 1.29 is 4.79 Å². The first-order valence-corrected chi connectivity index (χ1v) is 6.23. The Balaban J connectivity index is 2.29. The van der Waals surface area contributed by atoms with E-state index in [0.717, 1.165) is 25.7 Å². The molecule has 0 bridgehead atoms. The maximum atomic E-state index is 11.8. The predicted molar refractivity (Wildman–Crippen MR) is 67.5 cm³/mol. The van der Waals surface area contributed by atoms with E-state index in [-0.39, 0.29) is 11.6 Å². The minimum atomic E-state index is -0.387. The Bertz CT molecular complexity index is 396. The fourth-order valence-electron chi connectivity index (χ4n) is 3.09. The lowest BCUT2D eigenvalue weighted by Gasteiger charge is -2.43. The number of urea groups is 1. The number of hydrogen-bond acceptors (Lipinski definition) is 2. The number of hydrogen-bond donors (Lipinski definition) is 1. The Morgan fingerprint density at radius 2 is 2.47 bits per heavy atom. The molecule has 2 rings (SSSR count). The molecule has 2 atom stereocenters. The Morgan fingerprint density at radius 1 is 1.71 bits per heavy atom. The quantitative estimate of drug-likeness (QED) is 0.739. The Hall–Kier alpha value is -1.50. The first-order valence-electron chi connectivity index (χ1n) is 6.23. The van der Waals surface area contributed by atoms with Crippen LogP contribution in [0.25, 0.3) is 0 Å². The van der Waals surface area contributed by atoms with Crippen molar-refractivity contribution in [2.75, 3.05) is 6.54 Å². The maximum Gasteiger partial charge on any atom is 0.346 e. The van der Waals surface area contributed by atoms with Gasteiger partial charge in [0.15, 0.2) is 0 Å². The van der Waals surface area contributed by atoms with E-state index in [2.05, 4.69) is 17.8 Å². The zero-order valence-electron chi connectivity index (χ0n) is 10.3. The first kappa shape index (κ1) is 12.0. The molecule has 1 fully saturated rings. The second-order valence-electron chi connectivity index (χ2n) is 4.97. The van der Waals surface area contributed by atoms with Crippen LogP contribution in [0.15, 0.2) is 4.99 Å². The molecular formula is C13H19N3O. The second kappa shape index (κ2) is 4.40. The summed E-state index contributed by atoms with van der Waals surface area (Å²) in [5, 5.41) is 0. The summed E-state index contributed by atoms with van der Waals surface area (Å²) in [7, 11) is 0. The van der Waals surface area contributed by atoms with E-state index in [9.17, 15) is 4.79 Å². The van der Waals surface area contributed by atoms with Gasteiger partial charge in [0.1, 0.15) is 11.4 Å². The van der Waals surface area contributed by atoms with E-state index < -0.39 is 0 Å². The summed E-state index contributed by atoms with van der Waals surface area (Å²) >= 11 is 0. The van der Waals surface area contributed by atoms with Crippen molar-refractivity contribution in [3.05, 3.63) is 0 Å². The van der Waals surface area contributed by atoms with E-state index in [0.29, 0.717) is 18.3 Å². The third kappa shape index (κ3) is 1.80. The number of nitrogens with two attached hydrogens (primary N) is 1. The van der Waals surface area contributed by atoms with Gasteiger partial charge in [-0.1, -0.05) is 32.1 Å². The molecule has 0 aromatic heterocycles. The SMILES string of the molecule is C#CCN1C(=O)N=C(N)C12CCCC(CC)C2. The second-order valence-corrected chi connectivity index (χ2v) is 4.97. The van der Waals surface area contributed by atoms with E-state index in [1.165, 1.54) is 6.42 Å². The minimum Gasteiger partial charge on any atom is -0.385 e. The number of aliphatic imine (C=N–C) groups is 1. The monoisotopic (exact) mass is 233 g/mol. The number of carbonyl (C=O) groups excluding carboxylic acids is 1. The van der Waals surface area contributed by atoms with Crippen LogP contribution in [0.3, 0.4) is 0 Å². The van der Waals surface area contributed by atoms with E-state index >= 15 is 0 Å². The highest BCUT2D eigenvalue weighted by Crippen LogP contribution is 2.41. The zero-order valence-corrected chi connectivity index (χ0v) is 10.3. The lowest BCUT2D eigenvalue weighted by Crippen LogP contribution is -2.56. The summed E-state index contributed by atoms with van der Waals surface area (Å²) in [4.78, 5) is 17.4. The summed E-state index contributed by atoms with van der Waals surface area (Å²) < 4.78 is 0. The Morgan fingerprint density at radius 3 is 3.12 bits per heavy atom. The minimum absolute atomic E-state index is 0.266. The van der Waals surface area contributed by atoms with Crippen molar-refractivity contribution in [2.24, 2.45) is 16.6 Å². The highest BCUT2D eigenvalue weighted by molar-refractivity contribution is 6.06. The van der Waals surface area contributed by atoms with Gasteiger partial charge in [-0.25, -0.2) is 4.79 Å². The molecule has 17 heavy (non-hydrogen) atoms. The van der Waals surface area contributed by atoms with Crippen molar-refractivity contribution in [3.8, 4) is 12.3 Å². The molecule has 1 spiro atoms. The van der Waals surface area contributed by atoms with Gasteiger partial charge in [0, 0.05) is 0 Å². The van der Waals surface area contributed by atoms with Crippen LogP contribution in [0, 0.1) is 18.3 Å². The molecule has 0 radical (unpaired) electrons. The van der Waals surface area contributed by atoms with Gasteiger partial charge in [-0.3, -0.25) is 4.90 Å². The summed E-state index contributed by atoms with van der Waals surface area (Å²) in [5.74, 6) is 3.62. The summed E-state index contributed by atoms with van der Waals surface area (Å²) in [6, 6.07) is -0.266. The smallest absolute Gasteiger partial charge is 0.346 e. The molecule has 2 N–H and O–H groups in total. The van der Waals surface area contributed by atoms with Crippen LogP contribution in [-0.2, 0) is 0 Å². The highest BCUT2D eigenvalue weighted by atomic mass is 16.2. The number of nitrogens with zero attached hydrogens (tertiary/aromatic N) is 2. The molecule has 2 aliphatic rings. The average Bonchev–Trinajstić information content (AvgIpc) is 2.54. The molecule has 4 heteroatoms. The van der Waals surface area contributed by atoms with Gasteiger partial charge >= 0.3 is 6.03 Å². The summed E-state index contributed by atoms with van der Waals surface area (Å²) in [6.45, 7) is 2.48. The van der Waals surface area contributed by atoms with E-state index in [1.54, 1.807) is 4.90 Å².